The van der Waals surface area contributed by atoms with Gasteiger partial charge in [-0.1, -0.05) is 12.1 Å². The van der Waals surface area contributed by atoms with E-state index in [2.05, 4.69) is 0 Å². The summed E-state index contributed by atoms with van der Waals surface area (Å²) in [6.07, 6.45) is 2.96. The van der Waals surface area contributed by atoms with Gasteiger partial charge in [-0.2, -0.15) is 0 Å². The summed E-state index contributed by atoms with van der Waals surface area (Å²) in [5.74, 6) is -0.598. The smallest absolute Gasteiger partial charge is 0.335 e. The van der Waals surface area contributed by atoms with Crippen LogP contribution in [0.15, 0.2) is 24.3 Å². The van der Waals surface area contributed by atoms with Crippen molar-refractivity contribution in [1.82, 2.24) is 4.90 Å². The van der Waals surface area contributed by atoms with E-state index < -0.39 is 5.97 Å². The first kappa shape index (κ1) is 15.0. The topological polar surface area (TPSA) is 66.8 Å². The van der Waals surface area contributed by atoms with Gasteiger partial charge in [0.1, 0.15) is 0 Å². The van der Waals surface area contributed by atoms with Crippen LogP contribution < -0.4 is 0 Å². The van der Waals surface area contributed by atoms with Gasteiger partial charge >= 0.3 is 5.97 Å². The van der Waals surface area contributed by atoms with E-state index >= 15 is 0 Å². The molecule has 2 aliphatic rings. The highest BCUT2D eigenvalue weighted by atomic mass is 16.5. The molecule has 1 N–H and O–H groups in total. The molecular weight excluding hydrogens is 282 g/mol. The molecule has 0 bridgehead atoms. The summed E-state index contributed by atoms with van der Waals surface area (Å²) in [5, 5.41) is 8.89. The van der Waals surface area contributed by atoms with E-state index in [9.17, 15) is 9.59 Å². The Morgan fingerprint density at radius 2 is 1.91 bits per heavy atom. The fraction of sp³-hybridized carbons (Fsp3) is 0.529. The van der Waals surface area contributed by atoms with Crippen LogP contribution in [0.4, 0.5) is 0 Å². The van der Waals surface area contributed by atoms with Crippen LogP contribution in [0.3, 0.4) is 0 Å². The molecule has 3 rings (SSSR count). The summed E-state index contributed by atoms with van der Waals surface area (Å²) in [7, 11) is 1.82. The molecule has 1 spiro atoms. The first-order valence-electron chi connectivity index (χ1n) is 7.67. The lowest BCUT2D eigenvalue weighted by Crippen LogP contribution is -2.31. The molecule has 1 amide bonds. The standard InChI is InChI=1S/C17H21NO4/c1-18(11-12-2-4-13(5-3-12)16(20)21)15(19)14-10-17(14)6-8-22-9-7-17/h2-5,14H,6-11H2,1H3,(H,20,21)/t14-/m1/s1. The minimum Gasteiger partial charge on any atom is -0.478 e. The molecule has 1 saturated heterocycles. The van der Waals surface area contributed by atoms with Crippen LogP contribution in [0.25, 0.3) is 0 Å². The van der Waals surface area contributed by atoms with Crippen LogP contribution in [-0.2, 0) is 16.1 Å². The van der Waals surface area contributed by atoms with Crippen molar-refractivity contribution in [2.45, 2.75) is 25.8 Å². The Morgan fingerprint density at radius 3 is 2.50 bits per heavy atom. The number of hydrogen-bond donors (Lipinski definition) is 1. The van der Waals surface area contributed by atoms with Crippen LogP contribution in [0, 0.1) is 11.3 Å². The molecule has 22 heavy (non-hydrogen) atoms. The van der Waals surface area contributed by atoms with Crippen molar-refractivity contribution in [3.05, 3.63) is 35.4 Å². The second kappa shape index (κ2) is 5.72. The molecule has 1 heterocycles. The number of carbonyl (C=O) groups excluding carboxylic acids is 1. The molecule has 0 aromatic heterocycles. The quantitative estimate of drug-likeness (QED) is 0.925. The maximum Gasteiger partial charge on any atom is 0.335 e. The van der Waals surface area contributed by atoms with Gasteiger partial charge in [0.25, 0.3) is 0 Å². The number of carboxylic acid groups (broad SMARTS) is 1. The van der Waals surface area contributed by atoms with Gasteiger partial charge in [0.05, 0.1) is 5.56 Å². The zero-order valence-corrected chi connectivity index (χ0v) is 12.7. The molecule has 1 aromatic carbocycles. The first-order chi connectivity index (χ1) is 10.5. The maximum absolute atomic E-state index is 12.5. The van der Waals surface area contributed by atoms with Crippen molar-refractivity contribution in [3.8, 4) is 0 Å². The van der Waals surface area contributed by atoms with Crippen LogP contribution in [0.1, 0.15) is 35.2 Å². The summed E-state index contributed by atoms with van der Waals surface area (Å²) in [5.41, 5.74) is 1.40. The molecule has 118 valence electrons. The fourth-order valence-corrected chi connectivity index (χ4v) is 3.40. The Labute approximate surface area is 129 Å². The molecule has 1 aliphatic carbocycles. The van der Waals surface area contributed by atoms with Crippen molar-refractivity contribution in [3.63, 3.8) is 0 Å². The molecular formula is C17H21NO4. The number of ether oxygens (including phenoxy) is 1. The lowest BCUT2D eigenvalue weighted by Gasteiger charge is -2.24. The monoisotopic (exact) mass is 303 g/mol. The van der Waals surface area contributed by atoms with Crippen molar-refractivity contribution in [2.24, 2.45) is 11.3 Å². The van der Waals surface area contributed by atoms with Crippen molar-refractivity contribution in [1.29, 1.82) is 0 Å². The molecule has 5 heteroatoms. The number of carboxylic acids is 1. The van der Waals surface area contributed by atoms with Gasteiger partial charge in [0, 0.05) is 32.7 Å². The number of amides is 1. The van der Waals surface area contributed by atoms with Crippen LogP contribution >= 0.6 is 0 Å². The van der Waals surface area contributed by atoms with E-state index in [1.807, 2.05) is 7.05 Å². The minimum atomic E-state index is -0.935. The van der Waals surface area contributed by atoms with Crippen LogP contribution in [0.5, 0.6) is 0 Å². The predicted octanol–water partition coefficient (Wildman–Crippen LogP) is 2.16. The Morgan fingerprint density at radius 1 is 1.27 bits per heavy atom. The summed E-state index contributed by atoms with van der Waals surface area (Å²) in [6, 6.07) is 6.69. The molecule has 0 radical (unpaired) electrons. The Balaban J connectivity index is 1.59. The van der Waals surface area contributed by atoms with E-state index in [1.54, 1.807) is 29.2 Å². The highest BCUT2D eigenvalue weighted by Crippen LogP contribution is 2.59. The molecule has 1 saturated carbocycles. The minimum absolute atomic E-state index is 0.139. The van der Waals surface area contributed by atoms with Crippen LogP contribution in [-0.4, -0.2) is 42.1 Å². The van der Waals surface area contributed by atoms with Gasteiger partial charge in [-0.25, -0.2) is 4.79 Å². The highest BCUT2D eigenvalue weighted by Gasteiger charge is 2.58. The maximum atomic E-state index is 12.5. The van der Waals surface area contributed by atoms with Gasteiger partial charge in [-0.15, -0.1) is 0 Å². The number of hydrogen-bond acceptors (Lipinski definition) is 3. The number of aromatic carboxylic acids is 1. The van der Waals surface area contributed by atoms with Crippen molar-refractivity contribution in [2.75, 3.05) is 20.3 Å². The third-order valence-electron chi connectivity index (χ3n) is 4.97. The summed E-state index contributed by atoms with van der Waals surface area (Å²) >= 11 is 0. The lowest BCUT2D eigenvalue weighted by molar-refractivity contribution is -0.133. The van der Waals surface area contributed by atoms with Gasteiger partial charge in [0.15, 0.2) is 0 Å². The fourth-order valence-electron chi connectivity index (χ4n) is 3.40. The van der Waals surface area contributed by atoms with E-state index in [-0.39, 0.29) is 22.8 Å². The zero-order valence-electron chi connectivity index (χ0n) is 12.7. The lowest BCUT2D eigenvalue weighted by atomic mass is 9.93. The molecule has 1 atom stereocenters. The number of nitrogens with zero attached hydrogens (tertiary/aromatic N) is 1. The number of carbonyl (C=O) groups is 2. The van der Waals surface area contributed by atoms with Crippen molar-refractivity contribution >= 4 is 11.9 Å². The Bertz CT molecular complexity index is 575. The number of benzene rings is 1. The molecule has 5 nitrogen and oxygen atoms in total. The normalized spacial score (nSPS) is 22.3. The van der Waals surface area contributed by atoms with Crippen LogP contribution in [0.2, 0.25) is 0 Å². The third kappa shape index (κ3) is 2.86. The van der Waals surface area contributed by atoms with Gasteiger partial charge in [-0.05, 0) is 42.4 Å². The Hall–Kier alpha value is -1.88. The summed E-state index contributed by atoms with van der Waals surface area (Å²) < 4.78 is 5.39. The summed E-state index contributed by atoms with van der Waals surface area (Å²) in [6.45, 7) is 2.05. The summed E-state index contributed by atoms with van der Waals surface area (Å²) in [4.78, 5) is 25.1. The SMILES string of the molecule is CN(Cc1ccc(C(=O)O)cc1)C(=O)[C@H]1CC12CCOCC2. The molecule has 1 aliphatic heterocycles. The van der Waals surface area contributed by atoms with Gasteiger partial charge in [0.2, 0.25) is 5.91 Å². The molecule has 2 fully saturated rings. The van der Waals surface area contributed by atoms with Gasteiger partial charge < -0.3 is 14.7 Å². The third-order valence-corrected chi connectivity index (χ3v) is 4.97. The van der Waals surface area contributed by atoms with E-state index in [0.717, 1.165) is 38.0 Å². The average molecular weight is 303 g/mol. The second-order valence-electron chi connectivity index (χ2n) is 6.43. The highest BCUT2D eigenvalue weighted by molar-refractivity contribution is 5.87. The molecule has 0 unspecified atom stereocenters. The largest absolute Gasteiger partial charge is 0.478 e. The first-order valence-corrected chi connectivity index (χ1v) is 7.67. The van der Waals surface area contributed by atoms with E-state index in [0.29, 0.717) is 6.54 Å². The number of rotatable bonds is 4. The zero-order chi connectivity index (χ0) is 15.7. The second-order valence-corrected chi connectivity index (χ2v) is 6.43. The van der Waals surface area contributed by atoms with E-state index in [4.69, 9.17) is 9.84 Å². The molecule has 1 aromatic rings. The Kier molecular flexibility index (Phi) is 3.91. The van der Waals surface area contributed by atoms with Gasteiger partial charge in [-0.3, -0.25) is 4.79 Å². The van der Waals surface area contributed by atoms with E-state index in [1.165, 1.54) is 0 Å². The van der Waals surface area contributed by atoms with Crippen molar-refractivity contribution < 1.29 is 19.4 Å². The predicted molar refractivity (Wildman–Crippen MR) is 80.5 cm³/mol. The average Bonchev–Trinajstić information content (AvgIpc) is 3.20.